The third-order valence-electron chi connectivity index (χ3n) is 3.20. The molecule has 15 heavy (non-hydrogen) atoms. The van der Waals surface area contributed by atoms with Crippen molar-refractivity contribution >= 4 is 14.0 Å². The standard InChI is InChI=1S/C12H24O2Si/c1-6-10-15(5,9-4)12(8-3)14-11(13)7-2/h7,12H,2,6,8-10H2,1,3-5H3. The summed E-state index contributed by atoms with van der Waals surface area (Å²) in [5, 5.41) is 0. The second-order valence-corrected chi connectivity index (χ2v) is 9.45. The minimum Gasteiger partial charge on any atom is -0.463 e. The maximum Gasteiger partial charge on any atom is 0.330 e. The smallest absolute Gasteiger partial charge is 0.330 e. The molecule has 0 amide bonds. The molecule has 0 aliphatic rings. The highest BCUT2D eigenvalue weighted by atomic mass is 28.3. The van der Waals surface area contributed by atoms with Gasteiger partial charge in [-0.2, -0.15) is 0 Å². The van der Waals surface area contributed by atoms with Crippen LogP contribution in [0.4, 0.5) is 0 Å². The summed E-state index contributed by atoms with van der Waals surface area (Å²) in [6.45, 7) is 12.3. The van der Waals surface area contributed by atoms with Crippen molar-refractivity contribution in [3.8, 4) is 0 Å². The van der Waals surface area contributed by atoms with Crippen LogP contribution in [0.2, 0.25) is 18.6 Å². The van der Waals surface area contributed by atoms with Gasteiger partial charge in [-0.25, -0.2) is 4.79 Å². The summed E-state index contributed by atoms with van der Waals surface area (Å²) >= 11 is 0. The van der Waals surface area contributed by atoms with Crippen molar-refractivity contribution in [2.24, 2.45) is 0 Å². The largest absolute Gasteiger partial charge is 0.463 e. The molecule has 3 heteroatoms. The van der Waals surface area contributed by atoms with E-state index in [1.165, 1.54) is 24.6 Å². The molecule has 0 N–H and O–H groups in total. The Morgan fingerprint density at radius 1 is 1.47 bits per heavy atom. The van der Waals surface area contributed by atoms with E-state index in [2.05, 4.69) is 33.9 Å². The van der Waals surface area contributed by atoms with Crippen LogP contribution in [-0.4, -0.2) is 19.8 Å². The zero-order chi connectivity index (χ0) is 11.9. The Hall–Kier alpha value is -0.573. The van der Waals surface area contributed by atoms with Gasteiger partial charge in [0.2, 0.25) is 0 Å². The number of ether oxygens (including phenoxy) is 1. The van der Waals surface area contributed by atoms with Crippen LogP contribution in [0.15, 0.2) is 12.7 Å². The van der Waals surface area contributed by atoms with Crippen molar-refractivity contribution in [1.82, 2.24) is 0 Å². The predicted octanol–water partition coefficient (Wildman–Crippen LogP) is 3.54. The van der Waals surface area contributed by atoms with E-state index in [4.69, 9.17) is 4.74 Å². The van der Waals surface area contributed by atoms with Crippen LogP contribution < -0.4 is 0 Å². The average molecular weight is 228 g/mol. The maximum absolute atomic E-state index is 11.2. The Kier molecular flexibility index (Phi) is 6.57. The molecular formula is C12H24O2Si. The summed E-state index contributed by atoms with van der Waals surface area (Å²) in [7, 11) is -1.42. The molecule has 2 atom stereocenters. The van der Waals surface area contributed by atoms with Crippen LogP contribution in [-0.2, 0) is 9.53 Å². The maximum atomic E-state index is 11.2. The van der Waals surface area contributed by atoms with Crippen LogP contribution in [0.5, 0.6) is 0 Å². The Morgan fingerprint density at radius 3 is 2.40 bits per heavy atom. The van der Waals surface area contributed by atoms with Crippen LogP contribution in [0, 0.1) is 0 Å². The predicted molar refractivity (Wildman–Crippen MR) is 67.6 cm³/mol. The highest BCUT2D eigenvalue weighted by Crippen LogP contribution is 2.25. The Balaban J connectivity index is 4.59. The number of hydrogen-bond donors (Lipinski definition) is 0. The minimum atomic E-state index is -1.42. The van der Waals surface area contributed by atoms with Gasteiger partial charge in [0.15, 0.2) is 0 Å². The van der Waals surface area contributed by atoms with Crippen molar-refractivity contribution in [1.29, 1.82) is 0 Å². The van der Waals surface area contributed by atoms with Crippen molar-refractivity contribution in [2.45, 2.75) is 58.0 Å². The molecule has 2 unspecified atom stereocenters. The number of hydrogen-bond acceptors (Lipinski definition) is 2. The molecule has 0 bridgehead atoms. The van der Waals surface area contributed by atoms with E-state index in [0.717, 1.165) is 6.42 Å². The van der Waals surface area contributed by atoms with E-state index in [1.54, 1.807) is 0 Å². The van der Waals surface area contributed by atoms with Crippen LogP contribution in [0.25, 0.3) is 0 Å². The fourth-order valence-electron chi connectivity index (χ4n) is 2.04. The zero-order valence-electron chi connectivity index (χ0n) is 10.5. The molecule has 0 spiro atoms. The van der Waals surface area contributed by atoms with Gasteiger partial charge in [-0.3, -0.25) is 0 Å². The second-order valence-electron chi connectivity index (χ2n) is 4.30. The average Bonchev–Trinajstić information content (AvgIpc) is 2.25. The number of carbonyl (C=O) groups excluding carboxylic acids is 1. The van der Waals surface area contributed by atoms with Gasteiger partial charge >= 0.3 is 5.97 Å². The van der Waals surface area contributed by atoms with Gasteiger partial charge in [0.25, 0.3) is 0 Å². The lowest BCUT2D eigenvalue weighted by Crippen LogP contribution is -2.46. The van der Waals surface area contributed by atoms with Gasteiger partial charge in [-0.05, 0) is 6.42 Å². The number of carbonyl (C=O) groups is 1. The molecule has 88 valence electrons. The topological polar surface area (TPSA) is 26.3 Å². The zero-order valence-corrected chi connectivity index (χ0v) is 11.5. The summed E-state index contributed by atoms with van der Waals surface area (Å²) in [4.78, 5) is 11.2. The lowest BCUT2D eigenvalue weighted by Gasteiger charge is -2.33. The first-order valence-corrected chi connectivity index (χ1v) is 8.86. The van der Waals surface area contributed by atoms with E-state index in [0.29, 0.717) is 0 Å². The lowest BCUT2D eigenvalue weighted by molar-refractivity contribution is -0.140. The summed E-state index contributed by atoms with van der Waals surface area (Å²) < 4.78 is 5.46. The molecule has 0 heterocycles. The molecular weight excluding hydrogens is 204 g/mol. The highest BCUT2D eigenvalue weighted by Gasteiger charge is 2.35. The third kappa shape index (κ3) is 4.20. The molecule has 0 fully saturated rings. The summed E-state index contributed by atoms with van der Waals surface area (Å²) in [5.41, 5.74) is 0.146. The Labute approximate surface area is 94.7 Å². The van der Waals surface area contributed by atoms with Gasteiger partial charge < -0.3 is 4.74 Å². The second kappa shape index (κ2) is 6.83. The van der Waals surface area contributed by atoms with E-state index in [9.17, 15) is 4.79 Å². The molecule has 0 radical (unpaired) electrons. The SMILES string of the molecule is C=CC(=O)OC(CC)[Si](C)(CC)CCC. The van der Waals surface area contributed by atoms with E-state index in [1.807, 2.05) is 0 Å². The molecule has 0 saturated carbocycles. The Morgan fingerprint density at radius 2 is 2.07 bits per heavy atom. The number of esters is 1. The lowest BCUT2D eigenvalue weighted by atomic mass is 10.5. The normalized spacial score (nSPS) is 16.5. The molecule has 0 rings (SSSR count). The monoisotopic (exact) mass is 228 g/mol. The fraction of sp³-hybridized carbons (Fsp3) is 0.750. The molecule has 2 nitrogen and oxygen atoms in total. The Bertz CT molecular complexity index is 216. The summed E-state index contributed by atoms with van der Waals surface area (Å²) in [6, 6.07) is 2.40. The molecule has 0 aliphatic heterocycles. The summed E-state index contributed by atoms with van der Waals surface area (Å²) in [5.74, 6) is -0.273. The first-order chi connectivity index (χ1) is 7.03. The van der Waals surface area contributed by atoms with Crippen LogP contribution in [0.1, 0.15) is 33.6 Å². The van der Waals surface area contributed by atoms with E-state index in [-0.39, 0.29) is 11.7 Å². The van der Waals surface area contributed by atoms with Crippen molar-refractivity contribution < 1.29 is 9.53 Å². The van der Waals surface area contributed by atoms with Gasteiger partial charge in [-0.1, -0.05) is 52.4 Å². The van der Waals surface area contributed by atoms with Crippen molar-refractivity contribution in [2.75, 3.05) is 0 Å². The molecule has 0 aromatic rings. The van der Waals surface area contributed by atoms with Gasteiger partial charge in [-0.15, -0.1) is 0 Å². The van der Waals surface area contributed by atoms with Gasteiger partial charge in [0.05, 0.1) is 13.8 Å². The van der Waals surface area contributed by atoms with E-state index >= 15 is 0 Å². The molecule has 0 aromatic heterocycles. The minimum absolute atomic E-state index is 0.146. The fourth-order valence-corrected chi connectivity index (χ4v) is 5.70. The first-order valence-electron chi connectivity index (χ1n) is 5.87. The molecule has 0 aromatic carbocycles. The van der Waals surface area contributed by atoms with E-state index < -0.39 is 8.07 Å². The third-order valence-corrected chi connectivity index (χ3v) is 8.54. The van der Waals surface area contributed by atoms with Gasteiger partial charge in [0.1, 0.15) is 0 Å². The first kappa shape index (κ1) is 14.4. The number of rotatable bonds is 7. The molecule has 0 saturated heterocycles. The molecule has 0 aliphatic carbocycles. The van der Waals surface area contributed by atoms with Crippen molar-refractivity contribution in [3.05, 3.63) is 12.7 Å². The van der Waals surface area contributed by atoms with Crippen LogP contribution >= 0.6 is 0 Å². The van der Waals surface area contributed by atoms with Gasteiger partial charge in [0, 0.05) is 6.08 Å². The highest BCUT2D eigenvalue weighted by molar-refractivity contribution is 6.79. The summed E-state index contributed by atoms with van der Waals surface area (Å²) in [6.07, 6.45) is 3.37. The quantitative estimate of drug-likeness (QED) is 0.378. The van der Waals surface area contributed by atoms with Crippen LogP contribution in [0.3, 0.4) is 0 Å². The van der Waals surface area contributed by atoms with Crippen molar-refractivity contribution in [3.63, 3.8) is 0 Å².